The topological polar surface area (TPSA) is 21.3 Å². The van der Waals surface area contributed by atoms with Gasteiger partial charge in [-0.15, -0.1) is 0 Å². The van der Waals surface area contributed by atoms with Gasteiger partial charge in [-0.05, 0) is 37.0 Å². The molecule has 2 heteroatoms. The molecule has 0 saturated carbocycles. The van der Waals surface area contributed by atoms with Gasteiger partial charge in [0.05, 0.1) is 7.11 Å². The van der Waals surface area contributed by atoms with Crippen molar-refractivity contribution in [2.75, 3.05) is 7.11 Å². The Balaban J connectivity index is 2.00. The molecule has 0 aliphatic heterocycles. The minimum Gasteiger partial charge on any atom is -0.497 e. The van der Waals surface area contributed by atoms with Gasteiger partial charge in [-0.1, -0.05) is 31.2 Å². The van der Waals surface area contributed by atoms with E-state index in [2.05, 4.69) is 36.5 Å². The van der Waals surface area contributed by atoms with Crippen molar-refractivity contribution in [1.29, 1.82) is 0 Å². The highest BCUT2D eigenvalue weighted by atomic mass is 16.5. The van der Waals surface area contributed by atoms with Crippen LogP contribution in [0.25, 0.3) is 0 Å². The molecule has 1 aromatic carbocycles. The third kappa shape index (κ3) is 3.10. The second-order valence-corrected chi connectivity index (χ2v) is 4.54. The Morgan fingerprint density at radius 3 is 2.41 bits per heavy atom. The van der Waals surface area contributed by atoms with Gasteiger partial charge in [-0.2, -0.15) is 0 Å². The van der Waals surface area contributed by atoms with Crippen molar-refractivity contribution in [1.82, 2.24) is 5.32 Å². The highest BCUT2D eigenvalue weighted by molar-refractivity contribution is 5.29. The van der Waals surface area contributed by atoms with Gasteiger partial charge >= 0.3 is 0 Å². The highest BCUT2D eigenvalue weighted by Gasteiger charge is 2.16. The number of rotatable bonds is 5. The maximum absolute atomic E-state index is 5.19. The van der Waals surface area contributed by atoms with Gasteiger partial charge in [0.25, 0.3) is 0 Å². The second kappa shape index (κ2) is 5.87. The first-order valence-corrected chi connectivity index (χ1v) is 6.38. The van der Waals surface area contributed by atoms with Crippen molar-refractivity contribution in [3.63, 3.8) is 0 Å². The van der Waals surface area contributed by atoms with E-state index in [-0.39, 0.29) is 0 Å². The number of nitrogens with one attached hydrogen (secondary N) is 1. The molecule has 1 aromatic rings. The van der Waals surface area contributed by atoms with Gasteiger partial charge in [0, 0.05) is 12.1 Å². The van der Waals surface area contributed by atoms with E-state index in [1.54, 1.807) is 7.11 Å². The predicted octanol–water partition coefficient (Wildman–Crippen LogP) is 3.45. The molecule has 1 unspecified atom stereocenters. The molecule has 0 fully saturated rings. The largest absolute Gasteiger partial charge is 0.497 e. The van der Waals surface area contributed by atoms with Crippen LogP contribution in [-0.4, -0.2) is 13.2 Å². The van der Waals surface area contributed by atoms with Crippen molar-refractivity contribution in [3.05, 3.63) is 42.0 Å². The standard InChI is InChI=1S/C15H21NO/c1-3-15(16-13-6-4-5-7-13)12-8-10-14(17-2)11-9-12/h4-5,8-11,13,15-16H,3,6-7H2,1-2H3. The Kier molecular flexibility index (Phi) is 4.21. The number of ether oxygens (including phenoxy) is 1. The Morgan fingerprint density at radius 2 is 1.88 bits per heavy atom. The van der Waals surface area contributed by atoms with E-state index in [4.69, 9.17) is 4.74 Å². The molecular weight excluding hydrogens is 210 g/mol. The van der Waals surface area contributed by atoms with E-state index >= 15 is 0 Å². The summed E-state index contributed by atoms with van der Waals surface area (Å²) in [6, 6.07) is 9.44. The van der Waals surface area contributed by atoms with Crippen LogP contribution in [-0.2, 0) is 0 Å². The lowest BCUT2D eigenvalue weighted by Gasteiger charge is -2.22. The molecule has 1 aliphatic carbocycles. The summed E-state index contributed by atoms with van der Waals surface area (Å²) in [4.78, 5) is 0. The zero-order valence-corrected chi connectivity index (χ0v) is 10.6. The Morgan fingerprint density at radius 1 is 1.24 bits per heavy atom. The third-order valence-electron chi connectivity index (χ3n) is 3.37. The summed E-state index contributed by atoms with van der Waals surface area (Å²) in [6.45, 7) is 2.23. The first kappa shape index (κ1) is 12.2. The number of hydrogen-bond acceptors (Lipinski definition) is 2. The van der Waals surface area contributed by atoms with Crippen LogP contribution < -0.4 is 10.1 Å². The fourth-order valence-corrected chi connectivity index (χ4v) is 2.32. The normalized spacial score (nSPS) is 17.3. The average molecular weight is 231 g/mol. The van der Waals surface area contributed by atoms with Crippen LogP contribution in [0.5, 0.6) is 5.75 Å². The van der Waals surface area contributed by atoms with Crippen LogP contribution in [0.1, 0.15) is 37.8 Å². The molecule has 0 bridgehead atoms. The van der Waals surface area contributed by atoms with Gasteiger partial charge in [0.1, 0.15) is 5.75 Å². The molecule has 1 atom stereocenters. The summed E-state index contributed by atoms with van der Waals surface area (Å²) in [6.07, 6.45) is 7.96. The zero-order chi connectivity index (χ0) is 12.1. The Labute approximate surface area is 104 Å². The number of hydrogen-bond donors (Lipinski definition) is 1. The zero-order valence-electron chi connectivity index (χ0n) is 10.6. The van der Waals surface area contributed by atoms with E-state index in [0.29, 0.717) is 12.1 Å². The van der Waals surface area contributed by atoms with Crippen molar-refractivity contribution in [3.8, 4) is 5.75 Å². The van der Waals surface area contributed by atoms with Crippen LogP contribution in [0.15, 0.2) is 36.4 Å². The third-order valence-corrected chi connectivity index (χ3v) is 3.37. The molecule has 2 rings (SSSR count). The summed E-state index contributed by atoms with van der Waals surface area (Å²) in [5.41, 5.74) is 1.35. The molecule has 0 spiro atoms. The maximum Gasteiger partial charge on any atom is 0.118 e. The first-order valence-electron chi connectivity index (χ1n) is 6.38. The van der Waals surface area contributed by atoms with Crippen molar-refractivity contribution in [2.24, 2.45) is 0 Å². The summed E-state index contributed by atoms with van der Waals surface area (Å²) in [5.74, 6) is 0.922. The molecule has 2 nitrogen and oxygen atoms in total. The molecule has 0 radical (unpaired) electrons. The van der Waals surface area contributed by atoms with Gasteiger partial charge < -0.3 is 10.1 Å². The van der Waals surface area contributed by atoms with Crippen LogP contribution in [0, 0.1) is 0 Å². The lowest BCUT2D eigenvalue weighted by molar-refractivity contribution is 0.412. The van der Waals surface area contributed by atoms with Gasteiger partial charge in [0.15, 0.2) is 0 Å². The highest BCUT2D eigenvalue weighted by Crippen LogP contribution is 2.22. The Hall–Kier alpha value is -1.28. The van der Waals surface area contributed by atoms with Gasteiger partial charge in [-0.3, -0.25) is 0 Å². The van der Waals surface area contributed by atoms with E-state index < -0.39 is 0 Å². The van der Waals surface area contributed by atoms with E-state index in [1.165, 1.54) is 5.56 Å². The molecule has 1 N–H and O–H groups in total. The summed E-state index contributed by atoms with van der Waals surface area (Å²) < 4.78 is 5.19. The molecule has 0 amide bonds. The van der Waals surface area contributed by atoms with Crippen molar-refractivity contribution in [2.45, 2.75) is 38.3 Å². The minimum atomic E-state index is 0.450. The molecule has 1 aliphatic rings. The lowest BCUT2D eigenvalue weighted by Crippen LogP contribution is -2.30. The first-order chi connectivity index (χ1) is 8.33. The fourth-order valence-electron chi connectivity index (χ4n) is 2.32. The average Bonchev–Trinajstić information content (AvgIpc) is 2.89. The molecule has 0 saturated heterocycles. The number of methoxy groups -OCH3 is 1. The van der Waals surface area contributed by atoms with Crippen LogP contribution in [0.2, 0.25) is 0 Å². The molecular formula is C15H21NO. The van der Waals surface area contributed by atoms with Gasteiger partial charge in [0.2, 0.25) is 0 Å². The van der Waals surface area contributed by atoms with Gasteiger partial charge in [-0.25, -0.2) is 0 Å². The maximum atomic E-state index is 5.19. The minimum absolute atomic E-state index is 0.450. The molecule has 17 heavy (non-hydrogen) atoms. The van der Waals surface area contributed by atoms with Crippen LogP contribution in [0.4, 0.5) is 0 Å². The molecule has 0 heterocycles. The number of benzene rings is 1. The predicted molar refractivity (Wildman–Crippen MR) is 71.3 cm³/mol. The smallest absolute Gasteiger partial charge is 0.118 e. The SMILES string of the molecule is CCC(NC1CC=CC1)c1ccc(OC)cc1. The fraction of sp³-hybridized carbons (Fsp3) is 0.467. The van der Waals surface area contributed by atoms with E-state index in [9.17, 15) is 0 Å². The van der Waals surface area contributed by atoms with E-state index in [0.717, 1.165) is 25.0 Å². The molecule has 0 aromatic heterocycles. The second-order valence-electron chi connectivity index (χ2n) is 4.54. The van der Waals surface area contributed by atoms with Crippen LogP contribution >= 0.6 is 0 Å². The summed E-state index contributed by atoms with van der Waals surface area (Å²) in [7, 11) is 1.70. The summed E-state index contributed by atoms with van der Waals surface area (Å²) >= 11 is 0. The lowest BCUT2D eigenvalue weighted by atomic mass is 10.0. The quantitative estimate of drug-likeness (QED) is 0.784. The van der Waals surface area contributed by atoms with Crippen molar-refractivity contribution < 1.29 is 4.74 Å². The monoisotopic (exact) mass is 231 g/mol. The summed E-state index contributed by atoms with van der Waals surface area (Å²) in [5, 5.41) is 3.72. The Bertz CT molecular complexity index is 361. The van der Waals surface area contributed by atoms with Crippen molar-refractivity contribution >= 4 is 0 Å². The van der Waals surface area contributed by atoms with E-state index in [1.807, 2.05) is 12.1 Å². The van der Waals surface area contributed by atoms with Crippen LogP contribution in [0.3, 0.4) is 0 Å². The molecule has 92 valence electrons.